The van der Waals surface area contributed by atoms with E-state index in [0.29, 0.717) is 5.69 Å². The summed E-state index contributed by atoms with van der Waals surface area (Å²) in [6, 6.07) is 16.0. The van der Waals surface area contributed by atoms with Crippen molar-refractivity contribution in [2.75, 3.05) is 19.1 Å². The number of amides is 1. The average Bonchev–Trinajstić information content (AvgIpc) is 3.21. The lowest BCUT2D eigenvalue weighted by atomic mass is 10.1. The van der Waals surface area contributed by atoms with Gasteiger partial charge in [-0.1, -0.05) is 0 Å². The fourth-order valence-corrected chi connectivity index (χ4v) is 4.08. The van der Waals surface area contributed by atoms with Crippen LogP contribution in [0.25, 0.3) is 20.8 Å². The lowest BCUT2D eigenvalue weighted by molar-refractivity contribution is -0.387. The number of ether oxygens (including phenoxy) is 1. The van der Waals surface area contributed by atoms with Gasteiger partial charge >= 0.3 is 5.69 Å². The zero-order valence-corrected chi connectivity index (χ0v) is 17.4. The SMILES string of the molecule is COc1ccc2nc(-c3ccc(N(C)C(=O)c4ccc(F)c([N+](=O)[O-])c4)cc3)sc2c1. The Balaban J connectivity index is 1.58. The molecule has 0 radical (unpaired) electrons. The van der Waals surface area contributed by atoms with Crippen LogP contribution in [0.4, 0.5) is 15.8 Å². The van der Waals surface area contributed by atoms with Gasteiger partial charge in [-0.05, 0) is 54.6 Å². The predicted octanol–water partition coefficient (Wildman–Crippen LogP) is 5.30. The van der Waals surface area contributed by atoms with Crippen LogP contribution in [0.2, 0.25) is 0 Å². The normalized spacial score (nSPS) is 10.8. The van der Waals surface area contributed by atoms with Crippen LogP contribution in [0.5, 0.6) is 5.75 Å². The highest BCUT2D eigenvalue weighted by atomic mass is 32.1. The van der Waals surface area contributed by atoms with Crippen molar-refractivity contribution in [3.63, 3.8) is 0 Å². The molecule has 3 aromatic carbocycles. The molecule has 4 rings (SSSR count). The minimum absolute atomic E-state index is 0.0276. The van der Waals surface area contributed by atoms with Gasteiger partial charge in [0.05, 0.1) is 22.2 Å². The number of anilines is 1. The molecule has 0 bridgehead atoms. The van der Waals surface area contributed by atoms with Gasteiger partial charge in [-0.2, -0.15) is 4.39 Å². The Bertz CT molecular complexity index is 1300. The average molecular weight is 437 g/mol. The van der Waals surface area contributed by atoms with E-state index in [1.807, 2.05) is 30.3 Å². The maximum atomic E-state index is 13.6. The Morgan fingerprint density at radius 2 is 1.87 bits per heavy atom. The van der Waals surface area contributed by atoms with Gasteiger partial charge in [0.25, 0.3) is 5.91 Å². The van der Waals surface area contributed by atoms with Crippen LogP contribution in [0.15, 0.2) is 60.7 Å². The summed E-state index contributed by atoms with van der Waals surface area (Å²) < 4.78 is 19.8. The second-order valence-corrected chi connectivity index (χ2v) is 7.72. The minimum atomic E-state index is -0.984. The Labute approximate surface area is 180 Å². The van der Waals surface area contributed by atoms with Gasteiger partial charge in [0.2, 0.25) is 5.82 Å². The lowest BCUT2D eigenvalue weighted by Crippen LogP contribution is -2.26. The zero-order chi connectivity index (χ0) is 22.1. The van der Waals surface area contributed by atoms with Crippen LogP contribution in [-0.2, 0) is 0 Å². The van der Waals surface area contributed by atoms with Crippen LogP contribution in [0.1, 0.15) is 10.4 Å². The smallest absolute Gasteiger partial charge is 0.305 e. The van der Waals surface area contributed by atoms with Crippen molar-refractivity contribution in [1.82, 2.24) is 4.98 Å². The molecule has 0 aliphatic heterocycles. The van der Waals surface area contributed by atoms with E-state index in [1.165, 1.54) is 22.3 Å². The van der Waals surface area contributed by atoms with Gasteiger partial charge in [-0.25, -0.2) is 4.98 Å². The second-order valence-electron chi connectivity index (χ2n) is 6.69. The molecule has 9 heteroatoms. The summed E-state index contributed by atoms with van der Waals surface area (Å²) in [5.41, 5.74) is 1.64. The van der Waals surface area contributed by atoms with Crippen LogP contribution in [0.3, 0.4) is 0 Å². The third-order valence-electron chi connectivity index (χ3n) is 4.79. The number of aromatic nitrogens is 1. The third-order valence-corrected chi connectivity index (χ3v) is 5.86. The van der Waals surface area contributed by atoms with E-state index in [4.69, 9.17) is 4.74 Å². The molecule has 1 heterocycles. The number of hydrogen-bond donors (Lipinski definition) is 0. The van der Waals surface area contributed by atoms with E-state index in [9.17, 15) is 19.3 Å². The number of fused-ring (bicyclic) bond motifs is 1. The maximum Gasteiger partial charge on any atom is 0.305 e. The molecule has 7 nitrogen and oxygen atoms in total. The lowest BCUT2D eigenvalue weighted by Gasteiger charge is -2.17. The number of nitro benzene ring substituents is 1. The zero-order valence-electron chi connectivity index (χ0n) is 16.5. The first-order chi connectivity index (χ1) is 14.9. The summed E-state index contributed by atoms with van der Waals surface area (Å²) >= 11 is 1.53. The number of halogens is 1. The molecular formula is C22H16FN3O4S. The van der Waals surface area contributed by atoms with Crippen LogP contribution >= 0.6 is 11.3 Å². The first-order valence-corrected chi connectivity index (χ1v) is 9.96. The second kappa shape index (κ2) is 8.11. The van der Waals surface area contributed by atoms with E-state index in [-0.39, 0.29) is 5.56 Å². The van der Waals surface area contributed by atoms with Crippen molar-refractivity contribution in [3.05, 3.63) is 82.2 Å². The topological polar surface area (TPSA) is 85.6 Å². The molecule has 0 fully saturated rings. The van der Waals surface area contributed by atoms with E-state index in [2.05, 4.69) is 4.98 Å². The van der Waals surface area contributed by atoms with Crippen LogP contribution in [-0.4, -0.2) is 30.0 Å². The summed E-state index contributed by atoms with van der Waals surface area (Å²) in [5.74, 6) is -0.704. The van der Waals surface area contributed by atoms with Crippen LogP contribution in [0, 0.1) is 15.9 Å². The number of benzene rings is 3. The highest BCUT2D eigenvalue weighted by Crippen LogP contribution is 2.33. The fraction of sp³-hybridized carbons (Fsp3) is 0.0909. The fourth-order valence-electron chi connectivity index (χ4n) is 3.08. The van der Waals surface area contributed by atoms with Crippen molar-refractivity contribution >= 4 is 38.8 Å². The Morgan fingerprint density at radius 3 is 2.55 bits per heavy atom. The summed E-state index contributed by atoms with van der Waals surface area (Å²) in [4.78, 5) is 28.8. The highest BCUT2D eigenvalue weighted by molar-refractivity contribution is 7.21. The molecule has 0 aliphatic carbocycles. The first-order valence-electron chi connectivity index (χ1n) is 9.14. The molecular weight excluding hydrogens is 421 g/mol. The number of hydrogen-bond acceptors (Lipinski definition) is 6. The van der Waals surface area contributed by atoms with Crippen molar-refractivity contribution in [2.45, 2.75) is 0 Å². The van der Waals surface area contributed by atoms with Gasteiger partial charge in [-0.3, -0.25) is 14.9 Å². The maximum absolute atomic E-state index is 13.6. The van der Waals surface area contributed by atoms with Crippen molar-refractivity contribution in [3.8, 4) is 16.3 Å². The Hall–Kier alpha value is -3.85. The largest absolute Gasteiger partial charge is 0.497 e. The molecule has 31 heavy (non-hydrogen) atoms. The number of carbonyl (C=O) groups excluding carboxylic acids is 1. The quantitative estimate of drug-likeness (QED) is 0.313. The Morgan fingerprint density at radius 1 is 1.13 bits per heavy atom. The summed E-state index contributed by atoms with van der Waals surface area (Å²) in [6.45, 7) is 0. The molecule has 0 N–H and O–H groups in total. The van der Waals surface area contributed by atoms with Gasteiger partial charge in [0.1, 0.15) is 10.8 Å². The number of nitro groups is 1. The number of rotatable bonds is 5. The van der Waals surface area contributed by atoms with E-state index in [0.717, 1.165) is 38.7 Å². The van der Waals surface area contributed by atoms with Crippen molar-refractivity contribution in [1.29, 1.82) is 0 Å². The van der Waals surface area contributed by atoms with E-state index in [1.54, 1.807) is 26.3 Å². The molecule has 1 aromatic heterocycles. The van der Waals surface area contributed by atoms with Gasteiger partial charge < -0.3 is 9.64 Å². The molecule has 4 aromatic rings. The molecule has 1 amide bonds. The van der Waals surface area contributed by atoms with Crippen molar-refractivity contribution < 1.29 is 18.8 Å². The monoisotopic (exact) mass is 437 g/mol. The summed E-state index contributed by atoms with van der Waals surface area (Å²) in [6.07, 6.45) is 0. The minimum Gasteiger partial charge on any atom is -0.497 e. The predicted molar refractivity (Wildman–Crippen MR) is 117 cm³/mol. The third kappa shape index (κ3) is 3.95. The summed E-state index contributed by atoms with van der Waals surface area (Å²) in [5, 5.41) is 11.8. The molecule has 156 valence electrons. The van der Waals surface area contributed by atoms with Gasteiger partial charge in [0.15, 0.2) is 0 Å². The number of methoxy groups -OCH3 is 1. The molecule has 0 saturated carbocycles. The molecule has 0 aliphatic rings. The molecule has 0 saturated heterocycles. The highest BCUT2D eigenvalue weighted by Gasteiger charge is 2.20. The molecule has 0 unspecified atom stereocenters. The first kappa shape index (κ1) is 20.4. The Kier molecular flexibility index (Phi) is 5.35. The van der Waals surface area contributed by atoms with E-state index >= 15 is 0 Å². The molecule has 0 spiro atoms. The van der Waals surface area contributed by atoms with Crippen LogP contribution < -0.4 is 9.64 Å². The van der Waals surface area contributed by atoms with E-state index < -0.39 is 22.3 Å². The number of thiazole rings is 1. The summed E-state index contributed by atoms with van der Waals surface area (Å²) in [7, 11) is 3.17. The van der Waals surface area contributed by atoms with Gasteiger partial charge in [-0.15, -0.1) is 11.3 Å². The van der Waals surface area contributed by atoms with Crippen molar-refractivity contribution in [2.24, 2.45) is 0 Å². The number of nitrogens with zero attached hydrogens (tertiary/aromatic N) is 3. The number of carbonyl (C=O) groups is 1. The standard InChI is InChI=1S/C22H16FN3O4S/c1-25(22(27)14-5-9-17(23)19(11-14)26(28)29)15-6-3-13(4-7-15)21-24-18-10-8-16(30-2)12-20(18)31-21/h3-12H,1-2H3. The van der Waals surface area contributed by atoms with Gasteiger partial charge in [0, 0.05) is 29.9 Å². The molecule has 0 atom stereocenters.